The fraction of sp³-hybridized carbons (Fsp3) is 0.143. The van der Waals surface area contributed by atoms with Crippen LogP contribution in [0.15, 0.2) is 39.2 Å². The minimum Gasteiger partial charge on any atom is -0.453 e. The van der Waals surface area contributed by atoms with Crippen LogP contribution in [0.4, 0.5) is 4.39 Å². The van der Waals surface area contributed by atoms with E-state index in [1.165, 1.54) is 30.3 Å². The second kappa shape index (κ2) is 8.90. The molecule has 11 heteroatoms. The maximum Gasteiger partial charge on any atom is 0.267 e. The summed E-state index contributed by atoms with van der Waals surface area (Å²) in [4.78, 5) is 0. The Morgan fingerprint density at radius 2 is 2.03 bits per heavy atom. The second-order valence-electron chi connectivity index (χ2n) is 6.79. The third-order valence-corrected chi connectivity index (χ3v) is 5.97. The van der Waals surface area contributed by atoms with Gasteiger partial charge >= 0.3 is 0 Å². The van der Waals surface area contributed by atoms with E-state index in [4.69, 9.17) is 37.6 Å². The molecule has 0 saturated heterocycles. The highest BCUT2D eigenvalue weighted by Gasteiger charge is 2.21. The van der Waals surface area contributed by atoms with E-state index < -0.39 is 5.82 Å². The molecule has 0 N–H and O–H groups in total. The highest BCUT2D eigenvalue weighted by molar-refractivity contribution is 9.10. The minimum atomic E-state index is -0.687. The summed E-state index contributed by atoms with van der Waals surface area (Å²) in [5.41, 5.74) is 1.90. The van der Waals surface area contributed by atoms with Crippen molar-refractivity contribution in [1.82, 2.24) is 20.0 Å². The van der Waals surface area contributed by atoms with Crippen LogP contribution in [0.5, 0.6) is 11.5 Å². The first-order valence-electron chi connectivity index (χ1n) is 9.14. The third kappa shape index (κ3) is 4.35. The van der Waals surface area contributed by atoms with Gasteiger partial charge in [-0.3, -0.25) is 4.68 Å². The van der Waals surface area contributed by atoms with Crippen molar-refractivity contribution in [3.63, 3.8) is 0 Å². The topological polar surface area (TPSA) is 89.8 Å². The van der Waals surface area contributed by atoms with Crippen LogP contribution in [-0.2, 0) is 13.5 Å². The first-order valence-corrected chi connectivity index (χ1v) is 10.7. The molecule has 0 unspecified atom stereocenters. The Bertz CT molecular complexity index is 1380. The molecule has 162 valence electrons. The van der Waals surface area contributed by atoms with Gasteiger partial charge in [-0.1, -0.05) is 29.3 Å². The summed E-state index contributed by atoms with van der Waals surface area (Å²) >= 11 is 15.6. The van der Waals surface area contributed by atoms with E-state index in [-0.39, 0.29) is 50.9 Å². The number of ether oxygens (including phenoxy) is 1. The minimum absolute atomic E-state index is 0.0137. The quantitative estimate of drug-likeness (QED) is 0.300. The largest absolute Gasteiger partial charge is 0.453 e. The van der Waals surface area contributed by atoms with Gasteiger partial charge in [0.05, 0.1) is 33.2 Å². The smallest absolute Gasteiger partial charge is 0.267 e. The zero-order valence-corrected chi connectivity index (χ0v) is 19.8. The van der Waals surface area contributed by atoms with Crippen LogP contribution in [0.2, 0.25) is 10.0 Å². The van der Waals surface area contributed by atoms with Crippen molar-refractivity contribution in [2.24, 2.45) is 7.05 Å². The highest BCUT2D eigenvalue weighted by Crippen LogP contribution is 2.36. The lowest BCUT2D eigenvalue weighted by Gasteiger charge is -2.11. The van der Waals surface area contributed by atoms with Gasteiger partial charge in [0.15, 0.2) is 11.6 Å². The summed E-state index contributed by atoms with van der Waals surface area (Å²) in [6.07, 6.45) is 0.0137. The SMILES string of the molecule is Cc1nn(C)c(-c2nnc(Cc3ccc(Cl)c(Oc4cc(Cl)cc(C#N)c4)c3F)o2)c1Br. The molecule has 0 aliphatic carbocycles. The van der Waals surface area contributed by atoms with E-state index >= 15 is 4.39 Å². The number of nitriles is 1. The zero-order chi connectivity index (χ0) is 23.0. The molecule has 0 aliphatic heterocycles. The van der Waals surface area contributed by atoms with Crippen molar-refractivity contribution in [1.29, 1.82) is 5.26 Å². The molecule has 0 atom stereocenters. The van der Waals surface area contributed by atoms with Crippen molar-refractivity contribution < 1.29 is 13.5 Å². The van der Waals surface area contributed by atoms with Crippen molar-refractivity contribution >= 4 is 39.1 Å². The molecular weight excluding hydrogens is 524 g/mol. The van der Waals surface area contributed by atoms with Gasteiger partial charge in [-0.15, -0.1) is 10.2 Å². The Kier molecular flexibility index (Phi) is 6.20. The van der Waals surface area contributed by atoms with Crippen molar-refractivity contribution in [3.8, 4) is 29.2 Å². The van der Waals surface area contributed by atoms with Gasteiger partial charge in [0.2, 0.25) is 5.89 Å². The van der Waals surface area contributed by atoms with Crippen LogP contribution in [0.1, 0.15) is 22.7 Å². The molecule has 4 aromatic rings. The lowest BCUT2D eigenvalue weighted by molar-refractivity contribution is 0.437. The summed E-state index contributed by atoms with van der Waals surface area (Å²) in [6, 6.07) is 9.35. The summed E-state index contributed by atoms with van der Waals surface area (Å²) < 4.78 is 28.9. The Hall–Kier alpha value is -2.93. The number of hydrogen-bond donors (Lipinski definition) is 0. The Morgan fingerprint density at radius 3 is 2.72 bits per heavy atom. The van der Waals surface area contributed by atoms with E-state index in [9.17, 15) is 0 Å². The molecule has 0 bridgehead atoms. The number of rotatable bonds is 5. The van der Waals surface area contributed by atoms with Crippen LogP contribution in [-0.4, -0.2) is 20.0 Å². The van der Waals surface area contributed by atoms with Gasteiger partial charge in [0, 0.05) is 17.6 Å². The Balaban J connectivity index is 1.63. The van der Waals surface area contributed by atoms with E-state index in [2.05, 4.69) is 31.2 Å². The molecule has 2 heterocycles. The molecule has 7 nitrogen and oxygen atoms in total. The van der Waals surface area contributed by atoms with E-state index in [1.54, 1.807) is 11.7 Å². The average Bonchev–Trinajstić information content (AvgIpc) is 3.30. The molecule has 0 spiro atoms. The van der Waals surface area contributed by atoms with Gasteiger partial charge in [0.1, 0.15) is 11.4 Å². The second-order valence-corrected chi connectivity index (χ2v) is 8.43. The van der Waals surface area contributed by atoms with Gasteiger partial charge < -0.3 is 9.15 Å². The number of nitrogens with zero attached hydrogens (tertiary/aromatic N) is 5. The Labute approximate surface area is 200 Å². The average molecular weight is 537 g/mol. The van der Waals surface area contributed by atoms with Crippen molar-refractivity contribution in [2.75, 3.05) is 0 Å². The number of benzene rings is 2. The molecule has 0 radical (unpaired) electrons. The van der Waals surface area contributed by atoms with Gasteiger partial charge in [-0.05, 0) is 47.1 Å². The summed E-state index contributed by atoms with van der Waals surface area (Å²) in [5, 5.41) is 21.8. The first-order chi connectivity index (χ1) is 15.3. The lowest BCUT2D eigenvalue weighted by atomic mass is 10.1. The van der Waals surface area contributed by atoms with E-state index in [0.717, 1.165) is 10.2 Å². The zero-order valence-electron chi connectivity index (χ0n) is 16.7. The number of halogens is 4. The highest BCUT2D eigenvalue weighted by atomic mass is 79.9. The standard InChI is InChI=1S/C21H13BrCl2FN5O2/c1-10-17(22)19(30(2)29-10)21-28-27-16(32-21)7-12-3-4-15(24)20(18(12)25)31-14-6-11(9-26)5-13(23)8-14/h3-6,8H,7H2,1-2H3. The summed E-state index contributed by atoms with van der Waals surface area (Å²) in [6.45, 7) is 1.84. The van der Waals surface area contributed by atoms with E-state index in [0.29, 0.717) is 5.69 Å². The molecule has 32 heavy (non-hydrogen) atoms. The third-order valence-electron chi connectivity index (χ3n) is 4.51. The molecule has 2 aromatic carbocycles. The van der Waals surface area contributed by atoms with Crippen molar-refractivity contribution in [2.45, 2.75) is 13.3 Å². The molecule has 2 aromatic heterocycles. The predicted octanol–water partition coefficient (Wildman–Crippen LogP) is 6.24. The van der Waals surface area contributed by atoms with Crippen LogP contribution < -0.4 is 4.74 Å². The number of hydrogen-bond acceptors (Lipinski definition) is 6. The van der Waals surface area contributed by atoms with Crippen LogP contribution in [0, 0.1) is 24.1 Å². The molecule has 0 saturated carbocycles. The van der Waals surface area contributed by atoms with Crippen LogP contribution in [0.3, 0.4) is 0 Å². The Morgan fingerprint density at radius 1 is 1.25 bits per heavy atom. The molecule has 0 amide bonds. The molecular formula is C21H13BrCl2FN5O2. The first kappa shape index (κ1) is 22.3. The van der Waals surface area contributed by atoms with Gasteiger partial charge in [-0.2, -0.15) is 10.4 Å². The number of aryl methyl sites for hydroxylation is 2. The monoisotopic (exact) mass is 535 g/mol. The number of aromatic nitrogens is 4. The maximum absolute atomic E-state index is 15.2. The van der Waals surface area contributed by atoms with Crippen LogP contribution in [0.25, 0.3) is 11.6 Å². The normalized spacial score (nSPS) is 10.9. The fourth-order valence-electron chi connectivity index (χ4n) is 3.06. The van der Waals surface area contributed by atoms with Gasteiger partial charge in [0.25, 0.3) is 5.89 Å². The fourth-order valence-corrected chi connectivity index (χ4v) is 3.97. The molecule has 0 aliphatic rings. The lowest BCUT2D eigenvalue weighted by Crippen LogP contribution is -1.98. The van der Waals surface area contributed by atoms with Gasteiger partial charge in [-0.25, -0.2) is 4.39 Å². The summed E-state index contributed by atoms with van der Waals surface area (Å²) in [7, 11) is 1.76. The maximum atomic E-state index is 15.2. The molecule has 4 rings (SSSR count). The van der Waals surface area contributed by atoms with Crippen LogP contribution >= 0.6 is 39.1 Å². The van der Waals surface area contributed by atoms with E-state index in [1.807, 2.05) is 13.0 Å². The molecule has 0 fully saturated rings. The summed E-state index contributed by atoms with van der Waals surface area (Å²) in [5.74, 6) is -0.243. The predicted molar refractivity (Wildman–Crippen MR) is 119 cm³/mol. The van der Waals surface area contributed by atoms with Crippen molar-refractivity contribution in [3.05, 3.63) is 73.4 Å².